The molecule has 2 aromatic rings. The van der Waals surface area contributed by atoms with E-state index in [2.05, 4.69) is 29.1 Å². The van der Waals surface area contributed by atoms with Crippen molar-refractivity contribution >= 4 is 12.2 Å². The second-order valence-electron chi connectivity index (χ2n) is 5.94. The molecular weight excluding hydrogens is 296 g/mol. The molecule has 0 aliphatic carbocycles. The molecule has 1 saturated heterocycles. The van der Waals surface area contributed by atoms with Crippen molar-refractivity contribution in [2.24, 2.45) is 0 Å². The number of piperidine rings is 1. The third-order valence-electron chi connectivity index (χ3n) is 4.25. The predicted octanol–water partition coefficient (Wildman–Crippen LogP) is 2.43. The van der Waals surface area contributed by atoms with Crippen molar-refractivity contribution in [2.75, 3.05) is 13.1 Å². The van der Waals surface area contributed by atoms with Crippen LogP contribution in [-0.2, 0) is 6.67 Å². The Hall–Kier alpha value is -1.50. The van der Waals surface area contributed by atoms with E-state index in [1.54, 1.807) is 0 Å². The smallest absolute Gasteiger partial charge is 0.203 e. The molecule has 1 aliphatic rings. The standard InChI is InChI=1S/C16H22N4OS/c1-12-5-3-4-6-15(12)20-13(2)17-19(16(20)22)11-18-9-7-14(21)8-10-18/h3-6,14,21H,7-11H2,1-2H3. The summed E-state index contributed by atoms with van der Waals surface area (Å²) < 4.78 is 4.64. The Balaban J connectivity index is 1.88. The van der Waals surface area contributed by atoms with Crippen LogP contribution in [0.3, 0.4) is 0 Å². The lowest BCUT2D eigenvalue weighted by Crippen LogP contribution is -2.37. The molecule has 6 heteroatoms. The zero-order valence-electron chi connectivity index (χ0n) is 13.1. The summed E-state index contributed by atoms with van der Waals surface area (Å²) in [5, 5.41) is 14.2. The number of aryl methyl sites for hydroxylation is 2. The first-order valence-electron chi connectivity index (χ1n) is 7.69. The van der Waals surface area contributed by atoms with Gasteiger partial charge in [-0.1, -0.05) is 18.2 Å². The molecule has 0 unspecified atom stereocenters. The highest BCUT2D eigenvalue weighted by Crippen LogP contribution is 2.17. The van der Waals surface area contributed by atoms with Crippen LogP contribution in [0.5, 0.6) is 0 Å². The van der Waals surface area contributed by atoms with Gasteiger partial charge in [-0.25, -0.2) is 4.68 Å². The van der Waals surface area contributed by atoms with Crippen molar-refractivity contribution in [2.45, 2.75) is 39.5 Å². The third-order valence-corrected chi connectivity index (χ3v) is 4.64. The summed E-state index contributed by atoms with van der Waals surface area (Å²) in [6, 6.07) is 8.20. The maximum Gasteiger partial charge on any atom is 0.203 e. The molecule has 0 bridgehead atoms. The summed E-state index contributed by atoms with van der Waals surface area (Å²) in [6.07, 6.45) is 1.49. The van der Waals surface area contributed by atoms with Crippen LogP contribution in [0.15, 0.2) is 24.3 Å². The van der Waals surface area contributed by atoms with Crippen molar-refractivity contribution in [3.8, 4) is 5.69 Å². The number of hydrogen-bond donors (Lipinski definition) is 1. The predicted molar refractivity (Wildman–Crippen MR) is 88.7 cm³/mol. The number of rotatable bonds is 3. The Morgan fingerprint density at radius 3 is 2.59 bits per heavy atom. The van der Waals surface area contributed by atoms with Gasteiger partial charge in [-0.2, -0.15) is 5.10 Å². The van der Waals surface area contributed by atoms with E-state index in [0.717, 1.165) is 42.2 Å². The highest BCUT2D eigenvalue weighted by atomic mass is 32.1. The van der Waals surface area contributed by atoms with E-state index in [9.17, 15) is 5.11 Å². The number of hydrogen-bond acceptors (Lipinski definition) is 4. The van der Waals surface area contributed by atoms with Gasteiger partial charge in [0, 0.05) is 13.1 Å². The Bertz CT molecular complexity index is 713. The number of aliphatic hydroxyl groups is 1. The third kappa shape index (κ3) is 2.99. The van der Waals surface area contributed by atoms with E-state index < -0.39 is 0 Å². The van der Waals surface area contributed by atoms with E-state index in [-0.39, 0.29) is 6.10 Å². The first kappa shape index (κ1) is 15.4. The summed E-state index contributed by atoms with van der Waals surface area (Å²) in [5.74, 6) is 0.899. The average molecular weight is 318 g/mol. The minimum Gasteiger partial charge on any atom is -0.393 e. The zero-order valence-corrected chi connectivity index (χ0v) is 13.9. The minimum atomic E-state index is -0.157. The van der Waals surface area contributed by atoms with E-state index >= 15 is 0 Å². The van der Waals surface area contributed by atoms with Gasteiger partial charge in [-0.3, -0.25) is 9.47 Å². The summed E-state index contributed by atoms with van der Waals surface area (Å²) in [7, 11) is 0. The Labute approximate surface area is 135 Å². The maximum atomic E-state index is 9.60. The second kappa shape index (κ2) is 6.32. The van der Waals surface area contributed by atoms with Crippen LogP contribution >= 0.6 is 12.2 Å². The van der Waals surface area contributed by atoms with Gasteiger partial charge in [0.2, 0.25) is 4.77 Å². The van der Waals surface area contributed by atoms with E-state index in [4.69, 9.17) is 12.2 Å². The molecular formula is C16H22N4OS. The Kier molecular flexibility index (Phi) is 4.42. The molecule has 1 fully saturated rings. The van der Waals surface area contributed by atoms with Crippen molar-refractivity contribution < 1.29 is 5.11 Å². The molecule has 2 heterocycles. The van der Waals surface area contributed by atoms with Gasteiger partial charge in [0.25, 0.3) is 0 Å². The molecule has 0 amide bonds. The summed E-state index contributed by atoms with van der Waals surface area (Å²) in [6.45, 7) is 6.53. The number of para-hydroxylation sites is 1. The number of aromatic nitrogens is 3. The van der Waals surface area contributed by atoms with Gasteiger partial charge in [-0.15, -0.1) is 0 Å². The van der Waals surface area contributed by atoms with Gasteiger partial charge in [0.05, 0.1) is 18.5 Å². The maximum absolute atomic E-state index is 9.60. The summed E-state index contributed by atoms with van der Waals surface area (Å²) in [4.78, 5) is 2.29. The Morgan fingerprint density at radius 2 is 1.91 bits per heavy atom. The lowest BCUT2D eigenvalue weighted by atomic mass is 10.1. The van der Waals surface area contributed by atoms with Gasteiger partial charge in [0.1, 0.15) is 5.82 Å². The number of likely N-dealkylation sites (tertiary alicyclic amines) is 1. The topological polar surface area (TPSA) is 46.2 Å². The van der Waals surface area contributed by atoms with Crippen LogP contribution in [0.1, 0.15) is 24.2 Å². The van der Waals surface area contributed by atoms with E-state index in [1.807, 2.05) is 28.3 Å². The van der Waals surface area contributed by atoms with Gasteiger partial charge < -0.3 is 5.11 Å². The van der Waals surface area contributed by atoms with Crippen LogP contribution < -0.4 is 0 Å². The lowest BCUT2D eigenvalue weighted by molar-refractivity contribution is 0.0650. The number of benzene rings is 1. The largest absolute Gasteiger partial charge is 0.393 e. The van der Waals surface area contributed by atoms with Crippen LogP contribution in [0.25, 0.3) is 5.69 Å². The first-order chi connectivity index (χ1) is 10.6. The fourth-order valence-corrected chi connectivity index (χ4v) is 3.28. The zero-order chi connectivity index (χ0) is 15.7. The van der Waals surface area contributed by atoms with Crippen molar-refractivity contribution in [3.63, 3.8) is 0 Å². The molecule has 1 aromatic heterocycles. The highest BCUT2D eigenvalue weighted by molar-refractivity contribution is 7.71. The molecule has 1 aromatic carbocycles. The lowest BCUT2D eigenvalue weighted by Gasteiger charge is -2.28. The first-order valence-corrected chi connectivity index (χ1v) is 8.10. The molecule has 118 valence electrons. The summed E-state index contributed by atoms with van der Waals surface area (Å²) in [5.41, 5.74) is 2.27. The molecule has 0 atom stereocenters. The van der Waals surface area contributed by atoms with Gasteiger partial charge in [-0.05, 0) is 50.5 Å². The minimum absolute atomic E-state index is 0.157. The molecule has 1 aliphatic heterocycles. The second-order valence-corrected chi connectivity index (χ2v) is 6.31. The van der Waals surface area contributed by atoms with E-state index in [1.165, 1.54) is 5.56 Å². The highest BCUT2D eigenvalue weighted by Gasteiger charge is 2.19. The molecule has 0 saturated carbocycles. The number of nitrogens with zero attached hydrogens (tertiary/aromatic N) is 4. The van der Waals surface area contributed by atoms with Crippen LogP contribution in [0.4, 0.5) is 0 Å². The molecule has 1 N–H and O–H groups in total. The quantitative estimate of drug-likeness (QED) is 0.883. The van der Waals surface area contributed by atoms with Crippen LogP contribution in [0.2, 0.25) is 0 Å². The molecule has 3 rings (SSSR count). The average Bonchev–Trinajstić information content (AvgIpc) is 2.77. The fourth-order valence-electron chi connectivity index (χ4n) is 2.95. The summed E-state index contributed by atoms with van der Waals surface area (Å²) >= 11 is 5.63. The Morgan fingerprint density at radius 1 is 1.23 bits per heavy atom. The van der Waals surface area contributed by atoms with Gasteiger partial charge in [0.15, 0.2) is 0 Å². The SMILES string of the molecule is Cc1ccccc1-n1c(C)nn(CN2CCC(O)CC2)c1=S. The van der Waals surface area contributed by atoms with Crippen LogP contribution in [-0.4, -0.2) is 43.5 Å². The number of aliphatic hydroxyl groups excluding tert-OH is 1. The van der Waals surface area contributed by atoms with Gasteiger partial charge >= 0.3 is 0 Å². The van der Waals surface area contributed by atoms with Crippen molar-refractivity contribution in [1.29, 1.82) is 0 Å². The molecule has 0 radical (unpaired) electrons. The molecule has 22 heavy (non-hydrogen) atoms. The van der Waals surface area contributed by atoms with Crippen molar-refractivity contribution in [3.05, 3.63) is 40.4 Å². The molecule has 5 nitrogen and oxygen atoms in total. The van der Waals surface area contributed by atoms with Crippen LogP contribution in [0, 0.1) is 18.6 Å². The normalized spacial score (nSPS) is 17.0. The molecule has 0 spiro atoms. The monoisotopic (exact) mass is 318 g/mol. The fraction of sp³-hybridized carbons (Fsp3) is 0.500. The van der Waals surface area contributed by atoms with E-state index in [0.29, 0.717) is 6.67 Å². The van der Waals surface area contributed by atoms with Crippen molar-refractivity contribution in [1.82, 2.24) is 19.2 Å².